The molecule has 11 N–H and O–H groups in total. The number of fused-ring (bicyclic) bond motifs is 2. The molecule has 5 amide bonds. The van der Waals surface area contributed by atoms with Crippen molar-refractivity contribution in [3.63, 3.8) is 0 Å². The van der Waals surface area contributed by atoms with E-state index >= 15 is 0 Å². The lowest BCUT2D eigenvalue weighted by Gasteiger charge is -2.27. The number of nitrogens with zero attached hydrogens (tertiary/aromatic N) is 2. The van der Waals surface area contributed by atoms with Crippen LogP contribution < -0.4 is 36.2 Å². The molecule has 0 fully saturated rings. The number of nitrogens with one attached hydrogen (secondary N) is 5. The Hall–Kier alpha value is -8.73. The fraction of sp³-hybridized carbons (Fsp3) is 0.514. The zero-order valence-corrected chi connectivity index (χ0v) is 59.1. The molecule has 0 aromatic heterocycles. The number of para-hydroxylation sites is 2. The molecule has 26 nitrogen and oxygen atoms in total. The third kappa shape index (κ3) is 24.9. The normalized spacial score (nSPS) is 16.6. The number of carboxylic acids is 4. The second-order valence-electron chi connectivity index (χ2n) is 26.5. The van der Waals surface area contributed by atoms with Crippen LogP contribution in [0.4, 0.5) is 16.2 Å². The van der Waals surface area contributed by atoms with Crippen molar-refractivity contribution in [3.8, 4) is 5.75 Å². The van der Waals surface area contributed by atoms with Crippen LogP contribution in [0, 0.1) is 0 Å². The van der Waals surface area contributed by atoms with Gasteiger partial charge in [-0.15, -0.1) is 0 Å². The highest BCUT2D eigenvalue weighted by atomic mass is 32.2. The Bertz CT molecular complexity index is 3800. The van der Waals surface area contributed by atoms with E-state index in [-0.39, 0.29) is 61.1 Å². The van der Waals surface area contributed by atoms with Crippen molar-refractivity contribution >= 4 is 85.0 Å². The van der Waals surface area contributed by atoms with Crippen molar-refractivity contribution in [2.45, 2.75) is 209 Å². The number of hydrogen-bond acceptors (Lipinski definition) is 14. The van der Waals surface area contributed by atoms with Crippen LogP contribution in [0.5, 0.6) is 5.75 Å². The molecule has 2 aliphatic heterocycles. The smallest absolute Gasteiger partial charge is 0.326 e. The van der Waals surface area contributed by atoms with Crippen molar-refractivity contribution in [1.82, 2.24) is 26.6 Å². The number of carbonyl (C=O) groups is 8. The number of carboxylic acid groups (broad SMARTS) is 4. The largest absolute Gasteiger partial charge is 0.481 e. The summed E-state index contributed by atoms with van der Waals surface area (Å²) in [6.07, 6.45) is 17.4. The average molecular weight is 1430 g/mol. The van der Waals surface area contributed by atoms with Crippen LogP contribution in [-0.2, 0) is 64.6 Å². The Morgan fingerprint density at radius 2 is 1.12 bits per heavy atom. The van der Waals surface area contributed by atoms with Crippen LogP contribution in [0.1, 0.15) is 187 Å². The monoisotopic (exact) mass is 1430 g/mol. The van der Waals surface area contributed by atoms with E-state index in [4.69, 9.17) is 9.84 Å². The minimum absolute atomic E-state index is 0.0111. The van der Waals surface area contributed by atoms with Gasteiger partial charge in [-0.2, -0.15) is 21.4 Å². The minimum atomic E-state index is -4.46. The maximum Gasteiger partial charge on any atom is 0.326 e. The molecule has 0 saturated carbocycles. The summed E-state index contributed by atoms with van der Waals surface area (Å²) in [5.41, 5.74) is 7.48. The number of aliphatic carboxylic acids is 4. The fourth-order valence-electron chi connectivity index (χ4n) is 12.7. The molecule has 0 radical (unpaired) electrons. The van der Waals surface area contributed by atoms with Gasteiger partial charge < -0.3 is 56.6 Å². The van der Waals surface area contributed by atoms with Crippen molar-refractivity contribution in [2.24, 2.45) is 0 Å². The Balaban J connectivity index is 0.952. The highest BCUT2D eigenvalue weighted by Gasteiger charge is 2.44. The van der Waals surface area contributed by atoms with Gasteiger partial charge in [0.25, 0.3) is 20.2 Å². The molecule has 546 valence electrons. The van der Waals surface area contributed by atoms with Crippen LogP contribution in [0.2, 0.25) is 0 Å². The number of unbranched alkanes of at least 4 members (excludes halogenated alkanes) is 8. The van der Waals surface area contributed by atoms with Gasteiger partial charge in [-0.05, 0) is 176 Å². The average Bonchev–Trinajstić information content (AvgIpc) is 1.60. The third-order valence-corrected chi connectivity index (χ3v) is 19.8. The van der Waals surface area contributed by atoms with Gasteiger partial charge in [0.1, 0.15) is 36.2 Å². The zero-order chi connectivity index (χ0) is 73.2. The van der Waals surface area contributed by atoms with E-state index in [1.165, 1.54) is 29.8 Å². The first kappa shape index (κ1) is 80.2. The summed E-state index contributed by atoms with van der Waals surface area (Å²) in [6, 6.07) is 17.0. The van der Waals surface area contributed by atoms with Gasteiger partial charge in [-0.1, -0.05) is 69.2 Å². The number of ether oxygens (including phenoxy) is 1. The Morgan fingerprint density at radius 3 is 1.70 bits per heavy atom. The minimum Gasteiger partial charge on any atom is -0.481 e. The van der Waals surface area contributed by atoms with Gasteiger partial charge in [-0.3, -0.25) is 28.3 Å². The summed E-state index contributed by atoms with van der Waals surface area (Å²) >= 11 is 0. The van der Waals surface area contributed by atoms with Gasteiger partial charge >= 0.3 is 29.9 Å². The third-order valence-electron chi connectivity index (χ3n) is 18.1. The van der Waals surface area contributed by atoms with Crippen LogP contribution in [0.25, 0.3) is 0 Å². The SMILES string of the molecule is CC1(C)C(/C=C/C2=C(Oc3ccc(S(=O)(=O)O)cc3)C(=C/C=C3/N(CCCCS(=O)(=O)O)c4ccccc4C3(C)C)/CCC2)=[N+](CCCCCC(=O)NCCCCC(NC(=O)CCCCCCC(=O)NCCCC[C@H](NC(=O)N[C@@H](CCC(=O)O)C(=O)O)C(=O)O)C(=O)O)c2ccccc21. The molecule has 2 heterocycles. The molecule has 0 saturated heterocycles. The number of amides is 5. The Labute approximate surface area is 585 Å². The fourth-order valence-corrected chi connectivity index (χ4v) is 13.8. The van der Waals surface area contributed by atoms with Gasteiger partial charge in [0, 0.05) is 86.2 Å². The molecule has 1 unspecified atom stereocenters. The number of rotatable bonds is 43. The van der Waals surface area contributed by atoms with E-state index in [1.807, 2.05) is 24.3 Å². The van der Waals surface area contributed by atoms with Gasteiger partial charge in [0.15, 0.2) is 5.71 Å². The molecule has 6 rings (SSSR count). The second kappa shape index (κ2) is 38.2. The first-order valence-electron chi connectivity index (χ1n) is 34.3. The van der Waals surface area contributed by atoms with Crippen molar-refractivity contribution < 1.29 is 94.0 Å². The van der Waals surface area contributed by atoms with Crippen molar-refractivity contribution in [1.29, 1.82) is 0 Å². The van der Waals surface area contributed by atoms with E-state index in [9.17, 15) is 79.6 Å². The van der Waals surface area contributed by atoms with E-state index < -0.39 is 97.8 Å². The first-order chi connectivity index (χ1) is 47.4. The molecule has 0 spiro atoms. The highest BCUT2D eigenvalue weighted by molar-refractivity contribution is 7.86. The summed E-state index contributed by atoms with van der Waals surface area (Å²) in [7, 11) is -8.58. The predicted molar refractivity (Wildman–Crippen MR) is 376 cm³/mol. The topological polar surface area (TPSA) is 402 Å². The summed E-state index contributed by atoms with van der Waals surface area (Å²) in [5.74, 6) is -5.31. The molecule has 0 bridgehead atoms. The van der Waals surface area contributed by atoms with Gasteiger partial charge in [0.05, 0.1) is 16.1 Å². The molecule has 1 aliphatic carbocycles. The van der Waals surface area contributed by atoms with Crippen LogP contribution in [0.15, 0.2) is 125 Å². The second-order valence-corrected chi connectivity index (χ2v) is 29.5. The zero-order valence-electron chi connectivity index (χ0n) is 57.5. The molecule has 3 atom stereocenters. The standard InChI is InChI=1S/C72H97N7O19S2/c1-71(2)53-25-11-13-29-58(53)78(60(71)41-34-49-23-22-24-50(66(49)98-51-36-38-52(39-37-51)100(95,96)97)35-42-61-72(3,4)54-26-12-14-30-59(54)79(61)47-20-21-48-99(92,93)94)46-19-7-10-32-63(81)74-44-17-15-27-55(67(85)86)75-64(82)33-9-6-5-8-31-62(80)73-45-18-16-28-56(68(87)88)76-70(91)77-57(69(89)90)40-43-65(83)84/h11-14,25-26,29-30,34-39,41-42,55-57H,5-10,15-24,27-28,31-33,40,43-48H2,1-4H3,(H10-,73,74,75,76,77,80,81,82,83,84,85,86,87,88,89,90,91,92,93,94,95,96,97)/p+1/t55?,56-,57-/m0/s1. The van der Waals surface area contributed by atoms with Crippen LogP contribution in [-0.4, -0.2) is 154 Å². The van der Waals surface area contributed by atoms with E-state index in [2.05, 4.69) is 112 Å². The van der Waals surface area contributed by atoms with E-state index in [1.54, 1.807) is 0 Å². The molecular formula is C72H98N7O19S2+. The summed E-state index contributed by atoms with van der Waals surface area (Å²) in [4.78, 5) is 98.1. The summed E-state index contributed by atoms with van der Waals surface area (Å²) in [6.45, 7) is 10.5. The lowest BCUT2D eigenvalue weighted by atomic mass is 9.81. The van der Waals surface area contributed by atoms with Crippen molar-refractivity contribution in [2.75, 3.05) is 36.8 Å². The molecule has 100 heavy (non-hydrogen) atoms. The molecule has 3 aromatic carbocycles. The quantitative estimate of drug-likeness (QED) is 0.0142. The number of benzene rings is 3. The maximum absolute atomic E-state index is 13.0. The number of allylic oxidation sites excluding steroid dienone is 7. The van der Waals surface area contributed by atoms with Crippen LogP contribution in [0.3, 0.4) is 0 Å². The maximum atomic E-state index is 13.0. The number of hydrogen-bond donors (Lipinski definition) is 11. The molecule has 3 aromatic rings. The summed E-state index contributed by atoms with van der Waals surface area (Å²) in [5, 5.41) is 49.9. The number of anilines is 1. The summed E-state index contributed by atoms with van der Waals surface area (Å²) < 4.78 is 75.5. The van der Waals surface area contributed by atoms with E-state index in [0.717, 1.165) is 58.8 Å². The number of carbonyl (C=O) groups excluding carboxylic acids is 4. The highest BCUT2D eigenvalue weighted by Crippen LogP contribution is 2.48. The van der Waals surface area contributed by atoms with Gasteiger partial charge in [-0.25, -0.2) is 19.2 Å². The molecule has 3 aliphatic rings. The molecule has 28 heteroatoms. The molecular weight excluding hydrogens is 1330 g/mol. The Morgan fingerprint density at radius 1 is 0.570 bits per heavy atom. The van der Waals surface area contributed by atoms with Crippen molar-refractivity contribution in [3.05, 3.63) is 131 Å². The predicted octanol–water partition coefficient (Wildman–Crippen LogP) is 9.77. The van der Waals surface area contributed by atoms with Gasteiger partial charge in [0.2, 0.25) is 23.4 Å². The van der Waals surface area contributed by atoms with Crippen LogP contribution >= 0.6 is 0 Å². The lowest BCUT2D eigenvalue weighted by molar-refractivity contribution is -0.438. The number of urea groups is 1. The lowest BCUT2D eigenvalue weighted by Crippen LogP contribution is -2.51. The first-order valence-corrected chi connectivity index (χ1v) is 37.4. The van der Waals surface area contributed by atoms with E-state index in [0.29, 0.717) is 115 Å². The Kier molecular flexibility index (Phi) is 30.6.